The first kappa shape index (κ1) is 22.9. The second kappa shape index (κ2) is 12.3. The van der Waals surface area contributed by atoms with E-state index < -0.39 is 6.04 Å². The van der Waals surface area contributed by atoms with Gasteiger partial charge in [0.05, 0.1) is 5.75 Å². The van der Waals surface area contributed by atoms with E-state index in [1.165, 1.54) is 23.9 Å². The summed E-state index contributed by atoms with van der Waals surface area (Å²) < 4.78 is 13.0. The summed E-state index contributed by atoms with van der Waals surface area (Å²) in [6.45, 7) is 4.84. The minimum Gasteiger partial charge on any atom is -0.354 e. The number of carbonyl (C=O) groups excluding carboxylic acids is 2. The maximum Gasteiger partial charge on any atom is 0.242 e. The molecule has 29 heavy (non-hydrogen) atoms. The van der Waals surface area contributed by atoms with Crippen LogP contribution in [0.3, 0.4) is 0 Å². The molecule has 0 aliphatic heterocycles. The molecule has 0 aromatic heterocycles. The summed E-state index contributed by atoms with van der Waals surface area (Å²) in [6, 6.07) is 15.4. The number of thioether (sulfide) groups is 1. The molecule has 0 aliphatic rings. The van der Waals surface area contributed by atoms with Crippen LogP contribution in [0.15, 0.2) is 54.6 Å². The molecule has 0 fully saturated rings. The molecule has 2 rings (SSSR count). The lowest BCUT2D eigenvalue weighted by Gasteiger charge is -2.28. The zero-order valence-corrected chi connectivity index (χ0v) is 17.9. The van der Waals surface area contributed by atoms with E-state index in [0.29, 0.717) is 18.8 Å². The second-order valence-corrected chi connectivity index (χ2v) is 7.93. The summed E-state index contributed by atoms with van der Waals surface area (Å²) in [5, 5.41) is 2.92. The van der Waals surface area contributed by atoms with Gasteiger partial charge in [-0.05, 0) is 36.6 Å². The average Bonchev–Trinajstić information content (AvgIpc) is 2.73. The topological polar surface area (TPSA) is 49.4 Å². The number of nitrogens with zero attached hydrogens (tertiary/aromatic N) is 1. The highest BCUT2D eigenvalue weighted by Crippen LogP contribution is 2.16. The number of amides is 2. The predicted octanol–water partition coefficient (Wildman–Crippen LogP) is 4.39. The highest BCUT2D eigenvalue weighted by atomic mass is 32.2. The summed E-state index contributed by atoms with van der Waals surface area (Å²) in [7, 11) is 0. The quantitative estimate of drug-likeness (QED) is 0.553. The largest absolute Gasteiger partial charge is 0.354 e. The fraction of sp³-hybridized carbons (Fsp3) is 0.391. The molecule has 0 radical (unpaired) electrons. The third-order valence-electron chi connectivity index (χ3n) is 4.60. The number of carbonyl (C=O) groups is 2. The molecule has 0 aliphatic carbocycles. The minimum atomic E-state index is -0.550. The van der Waals surface area contributed by atoms with Crippen LogP contribution in [0, 0.1) is 5.82 Å². The van der Waals surface area contributed by atoms with E-state index in [0.717, 1.165) is 24.0 Å². The monoisotopic (exact) mass is 416 g/mol. The van der Waals surface area contributed by atoms with Gasteiger partial charge in [-0.25, -0.2) is 4.39 Å². The van der Waals surface area contributed by atoms with Crippen molar-refractivity contribution < 1.29 is 14.0 Å². The lowest BCUT2D eigenvalue weighted by atomic mass is 10.1. The van der Waals surface area contributed by atoms with Crippen molar-refractivity contribution in [3.8, 4) is 0 Å². The van der Waals surface area contributed by atoms with Crippen molar-refractivity contribution in [1.29, 1.82) is 0 Å². The molecule has 0 spiro atoms. The molecular formula is C23H29FN2O2S. The molecule has 4 nitrogen and oxygen atoms in total. The summed E-state index contributed by atoms with van der Waals surface area (Å²) >= 11 is 1.46. The first-order valence-electron chi connectivity index (χ1n) is 9.94. The zero-order valence-electron chi connectivity index (χ0n) is 17.1. The lowest BCUT2D eigenvalue weighted by molar-refractivity contribution is -0.138. The molecule has 6 heteroatoms. The Balaban J connectivity index is 1.99. The molecule has 156 valence electrons. The fourth-order valence-corrected chi connectivity index (χ4v) is 3.69. The Bertz CT molecular complexity index is 768. The van der Waals surface area contributed by atoms with Gasteiger partial charge < -0.3 is 10.2 Å². The van der Waals surface area contributed by atoms with Crippen LogP contribution in [0.2, 0.25) is 0 Å². The fourth-order valence-electron chi connectivity index (χ4n) is 2.82. The van der Waals surface area contributed by atoms with Crippen LogP contribution in [-0.2, 0) is 21.9 Å². The molecule has 2 aromatic carbocycles. The normalized spacial score (nSPS) is 11.7. The number of nitrogens with one attached hydrogen (secondary N) is 1. The van der Waals surface area contributed by atoms with Crippen LogP contribution < -0.4 is 5.32 Å². The summed E-state index contributed by atoms with van der Waals surface area (Å²) in [5.74, 6) is 0.385. The van der Waals surface area contributed by atoms with Crippen LogP contribution >= 0.6 is 11.8 Å². The van der Waals surface area contributed by atoms with E-state index in [2.05, 4.69) is 12.2 Å². The van der Waals surface area contributed by atoms with Gasteiger partial charge in [0.2, 0.25) is 11.8 Å². The van der Waals surface area contributed by atoms with Crippen molar-refractivity contribution in [2.45, 2.75) is 45.0 Å². The van der Waals surface area contributed by atoms with Crippen LogP contribution in [0.25, 0.3) is 0 Å². The molecule has 1 atom stereocenters. The second-order valence-electron chi connectivity index (χ2n) is 6.95. The molecule has 0 saturated heterocycles. The molecule has 2 amide bonds. The zero-order chi connectivity index (χ0) is 21.1. The van der Waals surface area contributed by atoms with E-state index in [1.807, 2.05) is 30.3 Å². The highest BCUT2D eigenvalue weighted by molar-refractivity contribution is 7.99. The smallest absolute Gasteiger partial charge is 0.242 e. The standard InChI is InChI=1S/C23H29FN2O2S/c1-3-4-14-25-23(28)18(2)26(15-19-8-6-5-7-9-19)22(27)17-29-16-20-10-12-21(24)13-11-20/h5-13,18H,3-4,14-17H2,1-2H3,(H,25,28)/t18-/m0/s1. The molecule has 2 aromatic rings. The number of benzene rings is 2. The van der Waals surface area contributed by atoms with Crippen LogP contribution in [0.5, 0.6) is 0 Å². The van der Waals surface area contributed by atoms with Gasteiger partial charge in [0.1, 0.15) is 11.9 Å². The van der Waals surface area contributed by atoms with Crippen molar-refractivity contribution in [2.75, 3.05) is 12.3 Å². The molecule has 1 N–H and O–H groups in total. The van der Waals surface area contributed by atoms with Crippen molar-refractivity contribution in [3.05, 3.63) is 71.5 Å². The van der Waals surface area contributed by atoms with E-state index in [9.17, 15) is 14.0 Å². The molecule has 0 saturated carbocycles. The number of halogens is 1. The number of rotatable bonds is 11. The van der Waals surface area contributed by atoms with Gasteiger partial charge in [-0.2, -0.15) is 0 Å². The summed E-state index contributed by atoms with van der Waals surface area (Å²) in [5.41, 5.74) is 1.95. The van der Waals surface area contributed by atoms with Crippen LogP contribution in [0.1, 0.15) is 37.8 Å². The van der Waals surface area contributed by atoms with Crippen molar-refractivity contribution in [3.63, 3.8) is 0 Å². The SMILES string of the molecule is CCCCNC(=O)[C@H](C)N(Cc1ccccc1)C(=O)CSCc1ccc(F)cc1. The van der Waals surface area contributed by atoms with E-state index in [-0.39, 0.29) is 23.4 Å². The number of hydrogen-bond acceptors (Lipinski definition) is 3. The predicted molar refractivity (Wildman–Crippen MR) is 117 cm³/mol. The number of hydrogen-bond donors (Lipinski definition) is 1. The average molecular weight is 417 g/mol. The maximum atomic E-state index is 13.0. The maximum absolute atomic E-state index is 13.0. The van der Waals surface area contributed by atoms with E-state index in [4.69, 9.17) is 0 Å². The lowest BCUT2D eigenvalue weighted by Crippen LogP contribution is -2.48. The minimum absolute atomic E-state index is 0.0842. The van der Waals surface area contributed by atoms with E-state index in [1.54, 1.807) is 24.0 Å². The Morgan fingerprint density at radius 1 is 1.07 bits per heavy atom. The van der Waals surface area contributed by atoms with Crippen LogP contribution in [-0.4, -0.2) is 35.1 Å². The van der Waals surface area contributed by atoms with Crippen LogP contribution in [0.4, 0.5) is 4.39 Å². The van der Waals surface area contributed by atoms with Gasteiger partial charge in [0.25, 0.3) is 0 Å². The third-order valence-corrected chi connectivity index (χ3v) is 5.59. The highest BCUT2D eigenvalue weighted by Gasteiger charge is 2.25. The first-order chi connectivity index (χ1) is 14.0. The van der Waals surface area contributed by atoms with Gasteiger partial charge in [-0.15, -0.1) is 11.8 Å². The first-order valence-corrected chi connectivity index (χ1v) is 11.1. The van der Waals surface area contributed by atoms with Gasteiger partial charge >= 0.3 is 0 Å². The molecule has 0 bridgehead atoms. The Hall–Kier alpha value is -2.34. The Kier molecular flexibility index (Phi) is 9.71. The Morgan fingerprint density at radius 3 is 2.41 bits per heavy atom. The van der Waals surface area contributed by atoms with Crippen molar-refractivity contribution >= 4 is 23.6 Å². The third kappa shape index (κ3) is 7.89. The molecule has 0 heterocycles. The molecular weight excluding hydrogens is 387 g/mol. The Morgan fingerprint density at radius 2 is 1.76 bits per heavy atom. The van der Waals surface area contributed by atoms with Gasteiger partial charge in [0, 0.05) is 18.8 Å². The van der Waals surface area contributed by atoms with Crippen molar-refractivity contribution in [2.24, 2.45) is 0 Å². The summed E-state index contributed by atoms with van der Waals surface area (Å²) in [6.07, 6.45) is 1.92. The van der Waals surface area contributed by atoms with Gasteiger partial charge in [-0.3, -0.25) is 9.59 Å². The van der Waals surface area contributed by atoms with E-state index >= 15 is 0 Å². The van der Waals surface area contributed by atoms with Gasteiger partial charge in [0.15, 0.2) is 0 Å². The Labute approximate surface area is 176 Å². The van der Waals surface area contributed by atoms with Crippen molar-refractivity contribution in [1.82, 2.24) is 10.2 Å². The summed E-state index contributed by atoms with van der Waals surface area (Å²) in [4.78, 5) is 27.1. The molecule has 0 unspecified atom stereocenters. The van der Waals surface area contributed by atoms with Gasteiger partial charge in [-0.1, -0.05) is 55.8 Å². The number of unbranched alkanes of at least 4 members (excludes halogenated alkanes) is 1.